The van der Waals surface area contributed by atoms with Gasteiger partial charge in [0.05, 0.1) is 0 Å². The van der Waals surface area contributed by atoms with E-state index in [2.05, 4.69) is 0 Å². The maximum Gasteiger partial charge on any atom is 0.300 e. The summed E-state index contributed by atoms with van der Waals surface area (Å²) in [5.41, 5.74) is 0. The number of rotatable bonds is 0. The standard InChI is InChI=1S/C2H4O2.Cu/c1-2(3)4;/h1H3,(H,3,4);. The average Bonchev–Trinajstić information content (AvgIpc) is 0.811. The summed E-state index contributed by atoms with van der Waals surface area (Å²) in [5, 5.41) is 7.42. The second-order valence-electron chi connectivity index (χ2n) is 0.519. The summed E-state index contributed by atoms with van der Waals surface area (Å²) >= 11 is 0. The minimum atomic E-state index is -0.833. The topological polar surface area (TPSA) is 37.3 Å². The predicted octanol–water partition coefficient (Wildman–Crippen LogP) is 0.0884. The van der Waals surface area contributed by atoms with E-state index in [0.717, 1.165) is 6.92 Å². The number of hydrogen-bond acceptors (Lipinski definition) is 1. The van der Waals surface area contributed by atoms with E-state index in [9.17, 15) is 0 Å². The molecule has 5 heavy (non-hydrogen) atoms. The number of carbonyl (C=O) groups is 1. The fourth-order valence-corrected chi connectivity index (χ4v) is 0. The molecular formula is C2H4CuO2. The molecule has 0 amide bonds. The molecule has 0 aliphatic carbocycles. The van der Waals surface area contributed by atoms with E-state index in [4.69, 9.17) is 9.90 Å². The third kappa shape index (κ3) is 143000. The molecule has 0 saturated carbocycles. The molecule has 0 saturated heterocycles. The molecule has 3 heteroatoms. The van der Waals surface area contributed by atoms with Gasteiger partial charge in [0.15, 0.2) is 0 Å². The zero-order valence-corrected chi connectivity index (χ0v) is 3.60. The molecule has 0 aromatic carbocycles. The summed E-state index contributed by atoms with van der Waals surface area (Å²) in [4.78, 5) is 9.00. The molecule has 0 aliphatic heterocycles. The van der Waals surface area contributed by atoms with E-state index in [1.54, 1.807) is 0 Å². The van der Waals surface area contributed by atoms with Crippen LogP contribution in [0.2, 0.25) is 0 Å². The van der Waals surface area contributed by atoms with Crippen LogP contribution in [0.4, 0.5) is 0 Å². The Morgan fingerprint density at radius 2 is 1.80 bits per heavy atom. The third-order valence-electron chi connectivity index (χ3n) is 0. The van der Waals surface area contributed by atoms with Crippen LogP contribution in [0, 0.1) is 0 Å². The Morgan fingerprint density at radius 1 is 1.80 bits per heavy atom. The second-order valence-corrected chi connectivity index (χ2v) is 0.519. The van der Waals surface area contributed by atoms with E-state index in [1.807, 2.05) is 0 Å². The van der Waals surface area contributed by atoms with Crippen LogP contribution in [-0.4, -0.2) is 11.1 Å². The van der Waals surface area contributed by atoms with Crippen molar-refractivity contribution < 1.29 is 27.0 Å². The third-order valence-corrected chi connectivity index (χ3v) is 0. The van der Waals surface area contributed by atoms with Gasteiger partial charge in [-0.3, -0.25) is 4.79 Å². The Morgan fingerprint density at radius 3 is 1.80 bits per heavy atom. The summed E-state index contributed by atoms with van der Waals surface area (Å²) in [7, 11) is 0. The average molecular weight is 124 g/mol. The largest absolute Gasteiger partial charge is 0.481 e. The van der Waals surface area contributed by atoms with Crippen molar-refractivity contribution in [2.24, 2.45) is 0 Å². The van der Waals surface area contributed by atoms with Crippen LogP contribution in [-0.2, 0) is 21.9 Å². The van der Waals surface area contributed by atoms with Gasteiger partial charge in [-0.25, -0.2) is 0 Å². The monoisotopic (exact) mass is 123 g/mol. The van der Waals surface area contributed by atoms with Crippen LogP contribution < -0.4 is 0 Å². The molecule has 0 bridgehead atoms. The van der Waals surface area contributed by atoms with E-state index in [0.29, 0.717) is 0 Å². The minimum Gasteiger partial charge on any atom is -0.481 e. The van der Waals surface area contributed by atoms with Crippen molar-refractivity contribution in [3.8, 4) is 0 Å². The van der Waals surface area contributed by atoms with Gasteiger partial charge in [0.2, 0.25) is 0 Å². The van der Waals surface area contributed by atoms with Crippen LogP contribution in [0.25, 0.3) is 0 Å². The van der Waals surface area contributed by atoms with Gasteiger partial charge in [-0.05, 0) is 0 Å². The summed E-state index contributed by atoms with van der Waals surface area (Å²) in [6.07, 6.45) is 0. The Hall–Kier alpha value is -0.0105. The zero-order valence-electron chi connectivity index (χ0n) is 2.66. The minimum absolute atomic E-state index is 0. The van der Waals surface area contributed by atoms with Crippen molar-refractivity contribution in [1.82, 2.24) is 0 Å². The van der Waals surface area contributed by atoms with E-state index < -0.39 is 5.97 Å². The molecule has 0 spiro atoms. The maximum absolute atomic E-state index is 9.00. The van der Waals surface area contributed by atoms with Gasteiger partial charge < -0.3 is 5.11 Å². The predicted molar refractivity (Wildman–Crippen MR) is 13.3 cm³/mol. The number of carboxylic acid groups (broad SMARTS) is 1. The number of hydrogen-bond donors (Lipinski definition) is 1. The molecule has 0 unspecified atom stereocenters. The molecular weight excluding hydrogens is 120 g/mol. The maximum atomic E-state index is 9.00. The summed E-state index contributed by atoms with van der Waals surface area (Å²) in [6, 6.07) is 0. The van der Waals surface area contributed by atoms with Gasteiger partial charge in [0, 0.05) is 24.0 Å². The summed E-state index contributed by atoms with van der Waals surface area (Å²) in [5.74, 6) is -0.833. The van der Waals surface area contributed by atoms with Gasteiger partial charge in [-0.1, -0.05) is 0 Å². The quantitative estimate of drug-likeness (QED) is 0.464. The molecule has 0 fully saturated rings. The van der Waals surface area contributed by atoms with Crippen molar-refractivity contribution in [1.29, 1.82) is 0 Å². The molecule has 1 N–H and O–H groups in total. The van der Waals surface area contributed by atoms with Crippen LogP contribution in [0.3, 0.4) is 0 Å². The molecule has 2 nitrogen and oxygen atoms in total. The first-order valence-electron chi connectivity index (χ1n) is 0.928. The van der Waals surface area contributed by atoms with Gasteiger partial charge in [-0.15, -0.1) is 0 Å². The number of carboxylic acids is 1. The molecule has 0 aromatic rings. The fraction of sp³-hybridized carbons (Fsp3) is 0.500. The molecule has 0 rings (SSSR count). The Labute approximate surface area is 40.7 Å². The van der Waals surface area contributed by atoms with E-state index in [-0.39, 0.29) is 17.1 Å². The van der Waals surface area contributed by atoms with Crippen LogP contribution in [0.5, 0.6) is 0 Å². The summed E-state index contributed by atoms with van der Waals surface area (Å²) < 4.78 is 0. The normalized spacial score (nSPS) is 5.00. The zero-order chi connectivity index (χ0) is 3.58. The second kappa shape index (κ2) is 3.99. The Balaban J connectivity index is 0. The van der Waals surface area contributed by atoms with Crippen molar-refractivity contribution in [2.45, 2.75) is 6.92 Å². The van der Waals surface area contributed by atoms with E-state index in [1.165, 1.54) is 0 Å². The first-order chi connectivity index (χ1) is 1.73. The van der Waals surface area contributed by atoms with Crippen LogP contribution in [0.15, 0.2) is 0 Å². The van der Waals surface area contributed by atoms with Crippen molar-refractivity contribution in [3.63, 3.8) is 0 Å². The van der Waals surface area contributed by atoms with Crippen molar-refractivity contribution in [3.05, 3.63) is 0 Å². The van der Waals surface area contributed by atoms with Gasteiger partial charge in [0.1, 0.15) is 0 Å². The molecule has 0 aromatic heterocycles. The Bertz CT molecular complexity index is 30.6. The van der Waals surface area contributed by atoms with Gasteiger partial charge in [0.25, 0.3) is 5.97 Å². The van der Waals surface area contributed by atoms with Crippen LogP contribution >= 0.6 is 0 Å². The first kappa shape index (κ1) is 8.89. The Kier molecular flexibility index (Phi) is 7.09. The van der Waals surface area contributed by atoms with Crippen molar-refractivity contribution in [2.75, 3.05) is 0 Å². The SMILES string of the molecule is CC(=O)O.[Cu]. The van der Waals surface area contributed by atoms with Crippen LogP contribution in [0.1, 0.15) is 6.92 Å². The van der Waals surface area contributed by atoms with E-state index >= 15 is 0 Å². The molecule has 35 valence electrons. The smallest absolute Gasteiger partial charge is 0.300 e. The van der Waals surface area contributed by atoms with Gasteiger partial charge in [-0.2, -0.15) is 0 Å². The fourth-order valence-electron chi connectivity index (χ4n) is 0. The van der Waals surface area contributed by atoms with Crippen molar-refractivity contribution >= 4 is 5.97 Å². The molecule has 0 heterocycles. The molecule has 0 aliphatic rings. The molecule has 0 atom stereocenters. The van der Waals surface area contributed by atoms with Gasteiger partial charge >= 0.3 is 0 Å². The number of aliphatic carboxylic acids is 1. The first-order valence-corrected chi connectivity index (χ1v) is 0.928. The molecule has 1 radical (unpaired) electrons. The summed E-state index contributed by atoms with van der Waals surface area (Å²) in [6.45, 7) is 1.08.